The standard InChI is InChI=1S/C20H12Cl2F3N5O3S/c21-11-3-10(4-12(22)5-11)7-26-19(32)28-13-1-2-14-16(6-13)30(33-18(31)20(23,24)25)17(29-14)15-8-34-9-27-15/h1-6,8-9H,7H2,(H2,26,28,32)/p+1. The molecule has 2 amide bonds. The quantitative estimate of drug-likeness (QED) is 0.325. The fourth-order valence-corrected chi connectivity index (χ4v) is 4.09. The van der Waals surface area contributed by atoms with E-state index in [1.54, 1.807) is 23.6 Å². The first kappa shape index (κ1) is 23.8. The van der Waals surface area contributed by atoms with Crippen LogP contribution in [0.15, 0.2) is 47.3 Å². The van der Waals surface area contributed by atoms with Gasteiger partial charge in [0.25, 0.3) is 0 Å². The number of rotatable bonds is 5. The number of hydrogen-bond acceptors (Lipinski definition) is 5. The Morgan fingerprint density at radius 3 is 2.53 bits per heavy atom. The van der Waals surface area contributed by atoms with Gasteiger partial charge in [-0.05, 0) is 40.6 Å². The van der Waals surface area contributed by atoms with Crippen LogP contribution in [0.1, 0.15) is 5.56 Å². The first-order chi connectivity index (χ1) is 16.1. The van der Waals surface area contributed by atoms with Gasteiger partial charge in [0, 0.05) is 33.7 Å². The molecule has 0 unspecified atom stereocenters. The fraction of sp³-hybridized carbons (Fsp3) is 0.100. The number of carbonyl (C=O) groups is 2. The van der Waals surface area contributed by atoms with Crippen molar-refractivity contribution in [2.24, 2.45) is 0 Å². The van der Waals surface area contributed by atoms with Gasteiger partial charge in [-0.2, -0.15) is 13.2 Å². The fourth-order valence-electron chi connectivity index (χ4n) is 2.98. The Labute approximate surface area is 203 Å². The summed E-state index contributed by atoms with van der Waals surface area (Å²) in [4.78, 5) is 35.4. The topological polar surface area (TPSA) is 100.0 Å². The smallest absolute Gasteiger partial charge is 0.334 e. The van der Waals surface area contributed by atoms with Gasteiger partial charge < -0.3 is 10.6 Å². The number of aromatic amines is 1. The molecular weight excluding hydrogens is 518 g/mol. The molecule has 4 aromatic rings. The minimum absolute atomic E-state index is 0.0216. The largest absolute Gasteiger partial charge is 0.495 e. The summed E-state index contributed by atoms with van der Waals surface area (Å²) >= 11 is 13.1. The highest BCUT2D eigenvalue weighted by Gasteiger charge is 2.44. The Kier molecular flexibility index (Phi) is 6.64. The zero-order valence-corrected chi connectivity index (χ0v) is 19.1. The average Bonchev–Trinajstić information content (AvgIpc) is 3.39. The number of amides is 2. The molecule has 0 atom stereocenters. The van der Waals surface area contributed by atoms with E-state index in [9.17, 15) is 22.8 Å². The van der Waals surface area contributed by atoms with Gasteiger partial charge in [0.2, 0.25) is 5.52 Å². The molecule has 14 heteroatoms. The van der Waals surface area contributed by atoms with Crippen LogP contribution in [-0.4, -0.2) is 28.1 Å². The summed E-state index contributed by atoms with van der Waals surface area (Å²) in [7, 11) is 0. The van der Waals surface area contributed by atoms with Crippen LogP contribution in [0.25, 0.3) is 22.6 Å². The Hall–Kier alpha value is -3.35. The highest BCUT2D eigenvalue weighted by atomic mass is 35.5. The van der Waals surface area contributed by atoms with Gasteiger partial charge in [-0.15, -0.1) is 11.3 Å². The van der Waals surface area contributed by atoms with Gasteiger partial charge in [0.15, 0.2) is 11.2 Å². The van der Waals surface area contributed by atoms with Crippen LogP contribution in [-0.2, 0) is 11.3 Å². The number of carbonyl (C=O) groups excluding carboxylic acids is 2. The van der Waals surface area contributed by atoms with Crippen LogP contribution >= 0.6 is 34.5 Å². The van der Waals surface area contributed by atoms with Crippen LogP contribution < -0.4 is 20.2 Å². The van der Waals surface area contributed by atoms with E-state index in [1.807, 2.05) is 0 Å². The maximum absolute atomic E-state index is 12.8. The van der Waals surface area contributed by atoms with Gasteiger partial charge in [-0.1, -0.05) is 23.2 Å². The average molecular weight is 531 g/mol. The lowest BCUT2D eigenvalue weighted by Gasteiger charge is -2.08. The van der Waals surface area contributed by atoms with Crippen LogP contribution in [0.3, 0.4) is 0 Å². The predicted octanol–water partition coefficient (Wildman–Crippen LogP) is 4.72. The zero-order valence-electron chi connectivity index (χ0n) is 16.7. The van der Waals surface area contributed by atoms with E-state index in [1.165, 1.54) is 35.0 Å². The number of urea groups is 1. The molecular formula is C20H13Cl2F3N5O3S+. The molecule has 0 aliphatic heterocycles. The third kappa shape index (κ3) is 5.41. The molecule has 0 bridgehead atoms. The van der Waals surface area contributed by atoms with E-state index >= 15 is 0 Å². The van der Waals surface area contributed by atoms with Crippen molar-refractivity contribution in [3.63, 3.8) is 0 Å². The SMILES string of the molecule is O=C(NCc1cc(Cl)cc(Cl)c1)Nc1ccc2[nH]c(-c3cscn3)[n+](OC(=O)C(F)(F)F)c2c1. The maximum atomic E-state index is 12.8. The van der Waals surface area contributed by atoms with Crippen LogP contribution in [0.5, 0.6) is 0 Å². The van der Waals surface area contributed by atoms with Gasteiger partial charge >= 0.3 is 24.0 Å². The van der Waals surface area contributed by atoms with Crippen molar-refractivity contribution in [3.05, 3.63) is 62.9 Å². The number of H-pyrrole nitrogens is 1. The Morgan fingerprint density at radius 1 is 1.15 bits per heavy atom. The molecule has 2 aromatic carbocycles. The molecule has 8 nitrogen and oxygen atoms in total. The highest BCUT2D eigenvalue weighted by molar-refractivity contribution is 7.07. The Balaban J connectivity index is 1.59. The van der Waals surface area contributed by atoms with E-state index in [0.717, 1.165) is 0 Å². The number of benzene rings is 2. The third-order valence-corrected chi connectivity index (χ3v) is 5.41. The summed E-state index contributed by atoms with van der Waals surface area (Å²) in [6.07, 6.45) is -5.21. The number of thiazole rings is 1. The summed E-state index contributed by atoms with van der Waals surface area (Å²) in [6, 6.07) is 8.62. The second kappa shape index (κ2) is 9.49. The Morgan fingerprint density at radius 2 is 1.88 bits per heavy atom. The molecule has 4 rings (SSSR count). The lowest BCUT2D eigenvalue weighted by Crippen LogP contribution is -2.51. The Bertz CT molecular complexity index is 1360. The number of imidazole rings is 1. The van der Waals surface area contributed by atoms with E-state index in [4.69, 9.17) is 23.2 Å². The van der Waals surface area contributed by atoms with Crippen molar-refractivity contribution in [1.29, 1.82) is 0 Å². The minimum Gasteiger partial charge on any atom is -0.334 e. The molecule has 0 fully saturated rings. The first-order valence-electron chi connectivity index (χ1n) is 9.36. The number of anilines is 1. The molecule has 0 spiro atoms. The van der Waals surface area contributed by atoms with Crippen molar-refractivity contribution in [3.8, 4) is 11.5 Å². The van der Waals surface area contributed by atoms with Crippen LogP contribution in [0.4, 0.5) is 23.7 Å². The summed E-state index contributed by atoms with van der Waals surface area (Å²) in [5.74, 6) is -2.39. The second-order valence-electron chi connectivity index (χ2n) is 6.84. The molecule has 0 radical (unpaired) electrons. The summed E-state index contributed by atoms with van der Waals surface area (Å²) in [5, 5.41) is 7.58. The number of nitrogens with zero attached hydrogens (tertiary/aromatic N) is 2. The van der Waals surface area contributed by atoms with Crippen molar-refractivity contribution in [2.45, 2.75) is 12.7 Å². The summed E-state index contributed by atoms with van der Waals surface area (Å²) < 4.78 is 39.2. The van der Waals surface area contributed by atoms with Gasteiger partial charge in [-0.25, -0.2) is 24.4 Å². The van der Waals surface area contributed by atoms with Crippen molar-refractivity contribution in [2.75, 3.05) is 5.32 Å². The molecule has 0 aliphatic rings. The molecule has 0 aliphatic carbocycles. The van der Waals surface area contributed by atoms with E-state index < -0.39 is 18.2 Å². The lowest BCUT2D eigenvalue weighted by atomic mass is 10.2. The minimum atomic E-state index is -5.21. The normalized spacial score (nSPS) is 11.4. The van der Waals surface area contributed by atoms with Gasteiger partial charge in [0.05, 0.1) is 5.51 Å². The van der Waals surface area contributed by atoms with Gasteiger partial charge in [-0.3, -0.25) is 0 Å². The van der Waals surface area contributed by atoms with E-state index in [-0.39, 0.29) is 29.3 Å². The van der Waals surface area contributed by atoms with Crippen molar-refractivity contribution in [1.82, 2.24) is 15.3 Å². The number of hydrogen-bond donors (Lipinski definition) is 3. The van der Waals surface area contributed by atoms with E-state index in [0.29, 0.717) is 25.9 Å². The van der Waals surface area contributed by atoms with Crippen LogP contribution in [0, 0.1) is 0 Å². The summed E-state index contributed by atoms with van der Waals surface area (Å²) in [6.45, 7) is 0.121. The number of nitrogens with one attached hydrogen (secondary N) is 3. The summed E-state index contributed by atoms with van der Waals surface area (Å²) in [5.41, 5.74) is 3.05. The predicted molar refractivity (Wildman–Crippen MR) is 120 cm³/mol. The van der Waals surface area contributed by atoms with Crippen molar-refractivity contribution >= 4 is 63.3 Å². The number of fused-ring (bicyclic) bond motifs is 1. The second-order valence-corrected chi connectivity index (χ2v) is 8.43. The van der Waals surface area contributed by atoms with Crippen LogP contribution in [0.2, 0.25) is 10.0 Å². The molecule has 2 heterocycles. The molecule has 2 aromatic heterocycles. The third-order valence-electron chi connectivity index (χ3n) is 4.39. The molecule has 176 valence electrons. The first-order valence-corrected chi connectivity index (χ1v) is 11.1. The molecule has 34 heavy (non-hydrogen) atoms. The van der Waals surface area contributed by atoms with Crippen molar-refractivity contribution < 1.29 is 32.3 Å². The monoisotopic (exact) mass is 530 g/mol. The zero-order chi connectivity index (χ0) is 24.5. The number of halogens is 5. The molecule has 0 saturated heterocycles. The van der Waals surface area contributed by atoms with E-state index in [2.05, 4.69) is 25.4 Å². The molecule has 3 N–H and O–H groups in total. The van der Waals surface area contributed by atoms with Gasteiger partial charge in [0.1, 0.15) is 0 Å². The maximum Gasteiger partial charge on any atom is 0.495 e. The molecule has 0 saturated carbocycles. The number of aromatic nitrogens is 3. The lowest BCUT2D eigenvalue weighted by molar-refractivity contribution is -0.841. The number of alkyl halides is 3. The highest BCUT2D eigenvalue weighted by Crippen LogP contribution is 2.23.